The summed E-state index contributed by atoms with van der Waals surface area (Å²) >= 11 is 18.2. The van der Waals surface area contributed by atoms with Gasteiger partial charge >= 0.3 is 0 Å². The molecule has 4 heteroatoms. The highest BCUT2D eigenvalue weighted by atomic mass is 35.5. The van der Waals surface area contributed by atoms with E-state index in [2.05, 4.69) is 19.2 Å². The van der Waals surface area contributed by atoms with Crippen LogP contribution < -0.4 is 5.32 Å². The van der Waals surface area contributed by atoms with Gasteiger partial charge in [0.25, 0.3) is 0 Å². The van der Waals surface area contributed by atoms with E-state index in [1.165, 1.54) is 12.8 Å². The maximum Gasteiger partial charge on any atom is 0.0781 e. The zero-order chi connectivity index (χ0) is 12.6. The summed E-state index contributed by atoms with van der Waals surface area (Å²) in [6.07, 6.45) is 2.50. The number of hydrogen-bond donors (Lipinski definition) is 1. The smallest absolute Gasteiger partial charge is 0.0781 e. The largest absolute Gasteiger partial charge is 0.307 e. The highest BCUT2D eigenvalue weighted by Gasteiger charge is 2.36. The Morgan fingerprint density at radius 3 is 2.59 bits per heavy atom. The van der Waals surface area contributed by atoms with Crippen LogP contribution in [0.15, 0.2) is 12.1 Å². The molecule has 1 saturated carbocycles. The van der Waals surface area contributed by atoms with Crippen LogP contribution in [0.5, 0.6) is 0 Å². The average molecular weight is 293 g/mol. The molecule has 1 aliphatic carbocycles. The van der Waals surface area contributed by atoms with Gasteiger partial charge in [-0.1, -0.05) is 54.2 Å². The van der Waals surface area contributed by atoms with Gasteiger partial charge in [-0.2, -0.15) is 0 Å². The fourth-order valence-corrected chi connectivity index (χ4v) is 2.90. The lowest BCUT2D eigenvalue weighted by Crippen LogP contribution is -2.22. The van der Waals surface area contributed by atoms with E-state index < -0.39 is 0 Å². The Kier molecular flexibility index (Phi) is 4.25. The molecule has 3 atom stereocenters. The Hall–Kier alpha value is 0.0500. The predicted molar refractivity (Wildman–Crippen MR) is 75.2 cm³/mol. The normalized spacial score (nSPS) is 24.8. The summed E-state index contributed by atoms with van der Waals surface area (Å²) in [6, 6.07) is 4.57. The number of nitrogens with one attached hydrogen (secondary N) is 1. The van der Waals surface area contributed by atoms with Crippen LogP contribution in [0.4, 0.5) is 0 Å². The third kappa shape index (κ3) is 2.90. The quantitative estimate of drug-likeness (QED) is 0.762. The minimum atomic E-state index is 0.207. The molecule has 1 nitrogen and oxygen atoms in total. The minimum absolute atomic E-state index is 0.207. The summed E-state index contributed by atoms with van der Waals surface area (Å²) in [4.78, 5) is 0. The Labute approximate surface area is 117 Å². The first-order valence-electron chi connectivity index (χ1n) is 5.94. The summed E-state index contributed by atoms with van der Waals surface area (Å²) in [5.74, 6) is 0.819. The van der Waals surface area contributed by atoms with Crippen molar-refractivity contribution in [3.8, 4) is 0 Å². The van der Waals surface area contributed by atoms with Crippen molar-refractivity contribution in [1.82, 2.24) is 5.32 Å². The monoisotopic (exact) mass is 291 g/mol. The van der Waals surface area contributed by atoms with E-state index in [1.807, 2.05) is 6.07 Å². The van der Waals surface area contributed by atoms with Gasteiger partial charge in [-0.25, -0.2) is 0 Å². The first-order valence-corrected chi connectivity index (χ1v) is 7.07. The molecule has 0 radical (unpaired) electrons. The fraction of sp³-hybridized carbons (Fsp3) is 0.538. The number of rotatable bonds is 4. The summed E-state index contributed by atoms with van der Waals surface area (Å²) < 4.78 is 0. The molecule has 1 aromatic carbocycles. The van der Waals surface area contributed by atoms with Crippen molar-refractivity contribution in [2.75, 3.05) is 0 Å². The molecule has 17 heavy (non-hydrogen) atoms. The van der Waals surface area contributed by atoms with Crippen LogP contribution in [0.2, 0.25) is 15.1 Å². The molecule has 1 aromatic rings. The van der Waals surface area contributed by atoms with Gasteiger partial charge in [0.15, 0.2) is 0 Å². The fourth-order valence-electron chi connectivity index (χ4n) is 2.19. The van der Waals surface area contributed by atoms with E-state index in [-0.39, 0.29) is 6.04 Å². The van der Waals surface area contributed by atoms with Gasteiger partial charge < -0.3 is 5.32 Å². The Morgan fingerprint density at radius 2 is 2.00 bits per heavy atom. The maximum absolute atomic E-state index is 6.21. The van der Waals surface area contributed by atoms with Crippen molar-refractivity contribution in [1.29, 1.82) is 0 Å². The van der Waals surface area contributed by atoms with Crippen LogP contribution in [-0.4, -0.2) is 6.04 Å². The number of halogens is 3. The molecular formula is C13H16Cl3N. The van der Waals surface area contributed by atoms with Crippen molar-refractivity contribution < 1.29 is 0 Å². The molecule has 0 saturated heterocycles. The van der Waals surface area contributed by atoms with Crippen LogP contribution in [0.1, 0.15) is 38.3 Å². The van der Waals surface area contributed by atoms with Gasteiger partial charge in [0.1, 0.15) is 0 Å². The Bertz CT molecular complexity index is 419. The molecule has 0 amide bonds. The van der Waals surface area contributed by atoms with Crippen molar-refractivity contribution >= 4 is 34.8 Å². The third-order valence-corrected chi connectivity index (χ3v) is 4.75. The molecule has 2 rings (SSSR count). The summed E-state index contributed by atoms with van der Waals surface area (Å²) in [6.45, 7) is 4.33. The van der Waals surface area contributed by atoms with Crippen molar-refractivity contribution in [2.45, 2.75) is 38.8 Å². The third-order valence-electron chi connectivity index (χ3n) is 3.44. The molecule has 0 spiro atoms. The highest BCUT2D eigenvalue weighted by molar-refractivity contribution is 6.48. The highest BCUT2D eigenvalue weighted by Crippen LogP contribution is 2.38. The van der Waals surface area contributed by atoms with Crippen molar-refractivity contribution in [3.63, 3.8) is 0 Å². The molecule has 1 fully saturated rings. The van der Waals surface area contributed by atoms with E-state index in [9.17, 15) is 0 Å². The number of benzene rings is 1. The van der Waals surface area contributed by atoms with Gasteiger partial charge in [0.05, 0.1) is 15.1 Å². The van der Waals surface area contributed by atoms with Gasteiger partial charge in [0, 0.05) is 12.1 Å². The van der Waals surface area contributed by atoms with Gasteiger partial charge in [-0.3, -0.25) is 0 Å². The van der Waals surface area contributed by atoms with Crippen LogP contribution >= 0.6 is 34.8 Å². The van der Waals surface area contributed by atoms with E-state index in [0.29, 0.717) is 21.1 Å². The van der Waals surface area contributed by atoms with Crippen LogP contribution in [0.25, 0.3) is 0 Å². The van der Waals surface area contributed by atoms with Crippen LogP contribution in [-0.2, 0) is 0 Å². The first-order chi connectivity index (χ1) is 8.04. The molecule has 0 aromatic heterocycles. The summed E-state index contributed by atoms with van der Waals surface area (Å²) in [7, 11) is 0. The second-order valence-electron chi connectivity index (χ2n) is 4.66. The second kappa shape index (κ2) is 5.36. The molecule has 0 aliphatic heterocycles. The van der Waals surface area contributed by atoms with Gasteiger partial charge in [-0.15, -0.1) is 0 Å². The summed E-state index contributed by atoms with van der Waals surface area (Å²) in [5, 5.41) is 5.09. The second-order valence-corrected chi connectivity index (χ2v) is 5.83. The first kappa shape index (κ1) is 13.5. The molecular weight excluding hydrogens is 277 g/mol. The predicted octanol–water partition coefficient (Wildman–Crippen LogP) is 5.10. The van der Waals surface area contributed by atoms with E-state index in [1.54, 1.807) is 6.07 Å². The molecule has 1 aliphatic rings. The molecule has 0 heterocycles. The zero-order valence-corrected chi connectivity index (χ0v) is 12.2. The van der Waals surface area contributed by atoms with E-state index >= 15 is 0 Å². The zero-order valence-electron chi connectivity index (χ0n) is 9.93. The van der Waals surface area contributed by atoms with Gasteiger partial charge in [-0.05, 0) is 30.9 Å². The molecule has 1 N–H and O–H groups in total. The number of hydrogen-bond acceptors (Lipinski definition) is 1. The lowest BCUT2D eigenvalue weighted by Gasteiger charge is -2.17. The van der Waals surface area contributed by atoms with Gasteiger partial charge in [0.2, 0.25) is 0 Å². The standard InChI is InChI=1S/C13H16Cl3N/c1-3-8-6-11(8)17-7(2)9-4-5-10(14)13(16)12(9)15/h4-5,7-8,11,17H,3,6H2,1-2H3. The summed E-state index contributed by atoms with van der Waals surface area (Å²) in [5.41, 5.74) is 1.02. The van der Waals surface area contributed by atoms with Crippen LogP contribution in [0.3, 0.4) is 0 Å². The van der Waals surface area contributed by atoms with E-state index in [0.717, 1.165) is 11.5 Å². The molecule has 0 bridgehead atoms. The lowest BCUT2D eigenvalue weighted by atomic mass is 10.1. The lowest BCUT2D eigenvalue weighted by molar-refractivity contribution is 0.539. The maximum atomic E-state index is 6.21. The van der Waals surface area contributed by atoms with Crippen molar-refractivity contribution in [2.24, 2.45) is 5.92 Å². The Morgan fingerprint density at radius 1 is 1.29 bits per heavy atom. The topological polar surface area (TPSA) is 12.0 Å². The van der Waals surface area contributed by atoms with Crippen molar-refractivity contribution in [3.05, 3.63) is 32.8 Å². The molecule has 3 unspecified atom stereocenters. The van der Waals surface area contributed by atoms with Crippen LogP contribution in [0, 0.1) is 5.92 Å². The van der Waals surface area contributed by atoms with E-state index in [4.69, 9.17) is 34.8 Å². The SMILES string of the molecule is CCC1CC1NC(C)c1ccc(Cl)c(Cl)c1Cl. The molecule has 94 valence electrons. The minimum Gasteiger partial charge on any atom is -0.307 e. The Balaban J connectivity index is 2.09. The average Bonchev–Trinajstić information content (AvgIpc) is 3.04.